The molecule has 13 heavy (non-hydrogen) atoms. The summed E-state index contributed by atoms with van der Waals surface area (Å²) in [6.45, 7) is 5.07. The Kier molecular flexibility index (Phi) is 4.16. The largest absolute Gasteiger partial charge is 0.291 e. The Morgan fingerprint density at radius 3 is 3.00 bits per heavy atom. The van der Waals surface area contributed by atoms with Crippen LogP contribution in [0, 0.1) is 6.92 Å². The fourth-order valence-electron chi connectivity index (χ4n) is 1.04. The zero-order valence-electron chi connectivity index (χ0n) is 8.33. The zero-order valence-corrected chi connectivity index (χ0v) is 8.33. The Hall–Kier alpha value is -1.18. The molecule has 0 unspecified atom stereocenters. The van der Waals surface area contributed by atoms with Crippen LogP contribution in [0.25, 0.3) is 0 Å². The van der Waals surface area contributed by atoms with Gasteiger partial charge < -0.3 is 0 Å². The molecule has 1 aromatic heterocycles. The van der Waals surface area contributed by atoms with Gasteiger partial charge in [0.25, 0.3) is 0 Å². The van der Waals surface area contributed by atoms with E-state index in [1.165, 1.54) is 6.42 Å². The third kappa shape index (κ3) is 3.83. The van der Waals surface area contributed by atoms with E-state index < -0.39 is 0 Å². The molecule has 0 aliphatic rings. The number of aromatic nitrogens is 1. The van der Waals surface area contributed by atoms with Crippen LogP contribution in [0.5, 0.6) is 0 Å². The van der Waals surface area contributed by atoms with E-state index in [0.717, 1.165) is 24.4 Å². The summed E-state index contributed by atoms with van der Waals surface area (Å²) in [6.07, 6.45) is 4.20. The minimum absolute atomic E-state index is 0.909. The van der Waals surface area contributed by atoms with Gasteiger partial charge in [0.2, 0.25) is 0 Å². The zero-order chi connectivity index (χ0) is 9.52. The van der Waals surface area contributed by atoms with Gasteiger partial charge in [0.05, 0.1) is 5.69 Å². The maximum absolute atomic E-state index is 4.32. The molecule has 0 aliphatic heterocycles. The Balaban J connectivity index is 2.48. The third-order valence-corrected chi connectivity index (χ3v) is 1.77. The average Bonchev–Trinajstić information content (AvgIpc) is 2.13. The average molecular weight is 176 g/mol. The number of pyridine rings is 1. The van der Waals surface area contributed by atoms with Crippen molar-refractivity contribution in [2.24, 2.45) is 4.99 Å². The third-order valence-electron chi connectivity index (χ3n) is 1.77. The molecule has 0 fully saturated rings. The molecule has 1 aromatic rings. The summed E-state index contributed by atoms with van der Waals surface area (Å²) in [6, 6.07) is 5.97. The first-order valence-electron chi connectivity index (χ1n) is 4.76. The molecule has 0 saturated carbocycles. The summed E-state index contributed by atoms with van der Waals surface area (Å²) in [5.74, 6) is 0. The molecule has 0 spiro atoms. The maximum Gasteiger partial charge on any atom is 0.0811 e. The summed E-state index contributed by atoms with van der Waals surface area (Å²) < 4.78 is 0. The number of rotatable bonds is 4. The minimum Gasteiger partial charge on any atom is -0.291 e. The highest BCUT2D eigenvalue weighted by molar-refractivity contribution is 5.76. The van der Waals surface area contributed by atoms with Gasteiger partial charge in [0.15, 0.2) is 0 Å². The van der Waals surface area contributed by atoms with Crippen molar-refractivity contribution in [2.75, 3.05) is 6.54 Å². The van der Waals surface area contributed by atoms with Crippen LogP contribution < -0.4 is 0 Å². The van der Waals surface area contributed by atoms with Gasteiger partial charge in [-0.3, -0.25) is 9.98 Å². The van der Waals surface area contributed by atoms with Crippen LogP contribution in [0.2, 0.25) is 0 Å². The first kappa shape index (κ1) is 9.90. The van der Waals surface area contributed by atoms with Crippen LogP contribution in [0.15, 0.2) is 23.2 Å². The lowest BCUT2D eigenvalue weighted by atomic mass is 10.3. The smallest absolute Gasteiger partial charge is 0.0811 e. The number of nitrogens with zero attached hydrogens (tertiary/aromatic N) is 2. The van der Waals surface area contributed by atoms with E-state index in [0.29, 0.717) is 0 Å². The van der Waals surface area contributed by atoms with Crippen LogP contribution in [0.3, 0.4) is 0 Å². The Labute approximate surface area is 79.7 Å². The molecule has 0 atom stereocenters. The molecule has 0 N–H and O–H groups in total. The van der Waals surface area contributed by atoms with Gasteiger partial charge in [-0.2, -0.15) is 0 Å². The SMILES string of the molecule is CCCCN=Cc1cccc(C)n1. The standard InChI is InChI=1S/C11H16N2/c1-3-4-8-12-9-11-7-5-6-10(2)13-11/h5-7,9H,3-4,8H2,1-2H3. The summed E-state index contributed by atoms with van der Waals surface area (Å²) in [4.78, 5) is 8.61. The topological polar surface area (TPSA) is 25.2 Å². The van der Waals surface area contributed by atoms with Gasteiger partial charge >= 0.3 is 0 Å². The molecule has 0 amide bonds. The first-order valence-corrected chi connectivity index (χ1v) is 4.76. The number of aliphatic imine (C=N–C) groups is 1. The lowest BCUT2D eigenvalue weighted by molar-refractivity contribution is 0.810. The van der Waals surface area contributed by atoms with Gasteiger partial charge in [-0.15, -0.1) is 0 Å². The van der Waals surface area contributed by atoms with Crippen LogP contribution in [0.4, 0.5) is 0 Å². The van der Waals surface area contributed by atoms with Crippen molar-refractivity contribution in [1.82, 2.24) is 4.98 Å². The van der Waals surface area contributed by atoms with Gasteiger partial charge in [0, 0.05) is 18.5 Å². The molecule has 0 aliphatic carbocycles. The molecule has 0 aromatic carbocycles. The summed E-state index contributed by atoms with van der Waals surface area (Å²) >= 11 is 0. The molecule has 1 rings (SSSR count). The predicted octanol–water partition coefficient (Wildman–Crippen LogP) is 2.61. The second-order valence-corrected chi connectivity index (χ2v) is 3.09. The normalized spacial score (nSPS) is 10.9. The first-order chi connectivity index (χ1) is 6.33. The van der Waals surface area contributed by atoms with Crippen molar-refractivity contribution < 1.29 is 0 Å². The number of unbranched alkanes of at least 4 members (excludes halogenated alkanes) is 1. The molecule has 2 heteroatoms. The Bertz CT molecular complexity index is 279. The lowest BCUT2D eigenvalue weighted by Gasteiger charge is -1.94. The van der Waals surface area contributed by atoms with E-state index in [9.17, 15) is 0 Å². The van der Waals surface area contributed by atoms with Gasteiger partial charge in [-0.05, 0) is 25.5 Å². The van der Waals surface area contributed by atoms with E-state index >= 15 is 0 Å². The minimum atomic E-state index is 0.909. The number of hydrogen-bond donors (Lipinski definition) is 0. The summed E-state index contributed by atoms with van der Waals surface area (Å²) in [5.41, 5.74) is 2.00. The monoisotopic (exact) mass is 176 g/mol. The van der Waals surface area contributed by atoms with E-state index in [4.69, 9.17) is 0 Å². The van der Waals surface area contributed by atoms with Crippen molar-refractivity contribution in [2.45, 2.75) is 26.7 Å². The van der Waals surface area contributed by atoms with Crippen molar-refractivity contribution in [3.05, 3.63) is 29.6 Å². The Morgan fingerprint density at radius 1 is 1.46 bits per heavy atom. The quantitative estimate of drug-likeness (QED) is 0.511. The second kappa shape index (κ2) is 5.46. The second-order valence-electron chi connectivity index (χ2n) is 3.09. The van der Waals surface area contributed by atoms with Crippen LogP contribution >= 0.6 is 0 Å². The van der Waals surface area contributed by atoms with Crippen molar-refractivity contribution in [1.29, 1.82) is 0 Å². The van der Waals surface area contributed by atoms with Gasteiger partial charge in [-0.1, -0.05) is 19.4 Å². The Morgan fingerprint density at radius 2 is 2.31 bits per heavy atom. The molecule has 2 nitrogen and oxygen atoms in total. The fourth-order valence-corrected chi connectivity index (χ4v) is 1.04. The van der Waals surface area contributed by atoms with Crippen molar-refractivity contribution in [3.8, 4) is 0 Å². The summed E-state index contributed by atoms with van der Waals surface area (Å²) in [7, 11) is 0. The van der Waals surface area contributed by atoms with E-state index in [1.54, 1.807) is 0 Å². The maximum atomic E-state index is 4.32. The lowest BCUT2D eigenvalue weighted by Crippen LogP contribution is -1.90. The highest BCUT2D eigenvalue weighted by atomic mass is 14.8. The van der Waals surface area contributed by atoms with Crippen LogP contribution in [-0.4, -0.2) is 17.7 Å². The van der Waals surface area contributed by atoms with Crippen molar-refractivity contribution >= 4 is 6.21 Å². The molecule has 0 radical (unpaired) electrons. The van der Waals surface area contributed by atoms with Crippen LogP contribution in [0.1, 0.15) is 31.2 Å². The predicted molar refractivity (Wildman–Crippen MR) is 56.3 cm³/mol. The molecule has 70 valence electrons. The van der Waals surface area contributed by atoms with E-state index in [1.807, 2.05) is 31.3 Å². The number of aryl methyl sites for hydroxylation is 1. The van der Waals surface area contributed by atoms with E-state index in [-0.39, 0.29) is 0 Å². The highest BCUT2D eigenvalue weighted by Gasteiger charge is 1.88. The molecular formula is C11H16N2. The van der Waals surface area contributed by atoms with E-state index in [2.05, 4.69) is 16.9 Å². The number of hydrogen-bond acceptors (Lipinski definition) is 2. The van der Waals surface area contributed by atoms with Crippen LogP contribution in [-0.2, 0) is 0 Å². The highest BCUT2D eigenvalue weighted by Crippen LogP contribution is 1.95. The summed E-state index contributed by atoms with van der Waals surface area (Å²) in [5, 5.41) is 0. The molecule has 0 bridgehead atoms. The van der Waals surface area contributed by atoms with Gasteiger partial charge in [0.1, 0.15) is 0 Å². The van der Waals surface area contributed by atoms with Crippen molar-refractivity contribution in [3.63, 3.8) is 0 Å². The van der Waals surface area contributed by atoms with Gasteiger partial charge in [-0.25, -0.2) is 0 Å². The molecule has 1 heterocycles. The fraction of sp³-hybridized carbons (Fsp3) is 0.455. The molecule has 0 saturated heterocycles. The molecular weight excluding hydrogens is 160 g/mol.